The van der Waals surface area contributed by atoms with Crippen LogP contribution in [0.5, 0.6) is 0 Å². The van der Waals surface area contributed by atoms with Crippen molar-refractivity contribution in [1.29, 1.82) is 0 Å². The summed E-state index contributed by atoms with van der Waals surface area (Å²) in [5.74, 6) is 2.08. The largest absolute Gasteiger partial charge is 0.381 e. The third-order valence-corrected chi connectivity index (χ3v) is 4.64. The van der Waals surface area contributed by atoms with Crippen LogP contribution in [0.25, 0.3) is 0 Å². The van der Waals surface area contributed by atoms with Gasteiger partial charge in [-0.25, -0.2) is 9.97 Å². The van der Waals surface area contributed by atoms with Gasteiger partial charge in [-0.3, -0.25) is 4.68 Å². The lowest BCUT2D eigenvalue weighted by Gasteiger charge is -2.29. The van der Waals surface area contributed by atoms with Crippen LogP contribution in [0.15, 0.2) is 12.1 Å². The maximum absolute atomic E-state index is 5.53. The van der Waals surface area contributed by atoms with E-state index >= 15 is 0 Å². The van der Waals surface area contributed by atoms with Crippen molar-refractivity contribution in [3.63, 3.8) is 0 Å². The van der Waals surface area contributed by atoms with Crippen molar-refractivity contribution in [2.24, 2.45) is 0 Å². The fourth-order valence-corrected chi connectivity index (χ4v) is 3.44. The van der Waals surface area contributed by atoms with Crippen LogP contribution in [0.1, 0.15) is 35.2 Å². The molecule has 4 heterocycles. The molecule has 1 saturated heterocycles. The summed E-state index contributed by atoms with van der Waals surface area (Å²) in [6, 6.07) is 4.27. The van der Waals surface area contributed by atoms with Gasteiger partial charge in [0.05, 0.1) is 36.8 Å². The lowest BCUT2D eigenvalue weighted by molar-refractivity contribution is 0.177. The Morgan fingerprint density at radius 3 is 3.00 bits per heavy atom. The van der Waals surface area contributed by atoms with Crippen LogP contribution >= 0.6 is 0 Å². The van der Waals surface area contributed by atoms with Crippen molar-refractivity contribution in [2.45, 2.75) is 39.0 Å². The monoisotopic (exact) mass is 329 g/mol. The topological polar surface area (TPSA) is 65.3 Å². The zero-order valence-electron chi connectivity index (χ0n) is 14.2. The van der Waals surface area contributed by atoms with Gasteiger partial charge in [0.15, 0.2) is 5.82 Å². The third kappa shape index (κ3) is 3.01. The highest BCUT2D eigenvalue weighted by atomic mass is 16.5. The number of fused-ring (bicyclic) bond motifs is 1. The van der Waals surface area contributed by atoms with Crippen molar-refractivity contribution >= 4 is 5.82 Å². The van der Waals surface area contributed by atoms with Crippen molar-refractivity contribution in [2.75, 3.05) is 31.8 Å². The van der Waals surface area contributed by atoms with Gasteiger partial charge in [-0.1, -0.05) is 0 Å². The zero-order valence-corrected chi connectivity index (χ0v) is 14.2. The van der Waals surface area contributed by atoms with Crippen molar-refractivity contribution in [1.82, 2.24) is 19.7 Å². The van der Waals surface area contributed by atoms with Crippen LogP contribution in [-0.2, 0) is 29.2 Å². The smallest absolute Gasteiger partial charge is 0.156 e. The predicted octanol–water partition coefficient (Wildman–Crippen LogP) is 1.65. The second-order valence-corrected chi connectivity index (χ2v) is 6.48. The summed E-state index contributed by atoms with van der Waals surface area (Å²) in [5, 5.41) is 4.53. The molecule has 7 nitrogen and oxygen atoms in total. The minimum absolute atomic E-state index is 0.361. The van der Waals surface area contributed by atoms with Gasteiger partial charge in [0.1, 0.15) is 12.4 Å². The Kier molecular flexibility index (Phi) is 4.20. The predicted molar refractivity (Wildman–Crippen MR) is 88.9 cm³/mol. The van der Waals surface area contributed by atoms with Crippen molar-refractivity contribution < 1.29 is 9.47 Å². The van der Waals surface area contributed by atoms with E-state index < -0.39 is 0 Å². The molecular formula is C17H23N5O2. The van der Waals surface area contributed by atoms with E-state index in [2.05, 4.69) is 31.8 Å². The second-order valence-electron chi connectivity index (χ2n) is 6.48. The summed E-state index contributed by atoms with van der Waals surface area (Å²) in [6.45, 7) is 6.63. The molecular weight excluding hydrogens is 306 g/mol. The summed E-state index contributed by atoms with van der Waals surface area (Å²) in [4.78, 5) is 11.7. The van der Waals surface area contributed by atoms with E-state index in [0.29, 0.717) is 12.5 Å². The molecule has 0 N–H and O–H groups in total. The number of ether oxygens (including phenoxy) is 2. The van der Waals surface area contributed by atoms with Gasteiger partial charge in [0.25, 0.3) is 0 Å². The third-order valence-electron chi connectivity index (χ3n) is 4.64. The number of hydrogen-bond donors (Lipinski definition) is 0. The molecule has 1 atom stereocenters. The molecule has 2 aromatic rings. The van der Waals surface area contributed by atoms with Crippen LogP contribution in [0, 0.1) is 6.92 Å². The van der Waals surface area contributed by atoms with Crippen molar-refractivity contribution in [3.05, 3.63) is 35.0 Å². The van der Waals surface area contributed by atoms with E-state index in [0.717, 1.165) is 62.3 Å². The molecule has 0 spiro atoms. The average molecular weight is 329 g/mol. The fourth-order valence-electron chi connectivity index (χ4n) is 3.44. The number of aromatic nitrogens is 4. The normalized spacial score (nSPS) is 20.4. The Morgan fingerprint density at radius 2 is 2.21 bits per heavy atom. The number of anilines is 1. The SMILES string of the molecule is COCc1nc([C@@H]2CCOC2)cc(N2CCn3nc(C)cc3C2)n1. The first-order valence-electron chi connectivity index (χ1n) is 8.46. The van der Waals surface area contributed by atoms with E-state index in [1.807, 2.05) is 6.92 Å². The highest BCUT2D eigenvalue weighted by Crippen LogP contribution is 2.27. The lowest BCUT2D eigenvalue weighted by Crippen LogP contribution is -2.34. The van der Waals surface area contributed by atoms with Crippen LogP contribution < -0.4 is 4.90 Å². The molecule has 0 unspecified atom stereocenters. The summed E-state index contributed by atoms with van der Waals surface area (Å²) >= 11 is 0. The Labute approximate surface area is 141 Å². The van der Waals surface area contributed by atoms with Gasteiger partial charge in [-0.05, 0) is 19.4 Å². The van der Waals surface area contributed by atoms with E-state index in [4.69, 9.17) is 14.5 Å². The Bertz CT molecular complexity index is 724. The highest BCUT2D eigenvalue weighted by Gasteiger charge is 2.24. The number of nitrogens with zero attached hydrogens (tertiary/aromatic N) is 5. The Hall–Kier alpha value is -1.99. The molecule has 24 heavy (non-hydrogen) atoms. The zero-order chi connectivity index (χ0) is 16.5. The molecule has 2 aliphatic heterocycles. The fraction of sp³-hybridized carbons (Fsp3) is 0.588. The van der Waals surface area contributed by atoms with Gasteiger partial charge >= 0.3 is 0 Å². The number of rotatable bonds is 4. The van der Waals surface area contributed by atoms with E-state index in [1.165, 1.54) is 5.69 Å². The quantitative estimate of drug-likeness (QED) is 0.850. The summed E-state index contributed by atoms with van der Waals surface area (Å²) < 4.78 is 12.9. The molecule has 0 saturated carbocycles. The van der Waals surface area contributed by atoms with E-state index in [9.17, 15) is 0 Å². The minimum atomic E-state index is 0.361. The van der Waals surface area contributed by atoms with Crippen LogP contribution in [0.4, 0.5) is 5.82 Å². The van der Waals surface area contributed by atoms with Gasteiger partial charge in [0.2, 0.25) is 0 Å². The number of aryl methyl sites for hydroxylation is 1. The lowest BCUT2D eigenvalue weighted by atomic mass is 10.0. The second kappa shape index (κ2) is 6.49. The molecule has 1 fully saturated rings. The van der Waals surface area contributed by atoms with Crippen LogP contribution in [-0.4, -0.2) is 46.6 Å². The first-order valence-corrected chi connectivity index (χ1v) is 8.46. The number of methoxy groups -OCH3 is 1. The summed E-state index contributed by atoms with van der Waals surface area (Å²) in [6.07, 6.45) is 1.02. The minimum Gasteiger partial charge on any atom is -0.381 e. The molecule has 4 rings (SSSR count). The van der Waals surface area contributed by atoms with Gasteiger partial charge in [-0.15, -0.1) is 0 Å². The standard InChI is InChI=1S/C17H23N5O2/c1-12-7-14-9-21(4-5-22(14)20-12)17-8-15(13-3-6-24-10-13)18-16(19-17)11-23-2/h7-8,13H,3-6,9-11H2,1-2H3/t13-/m1/s1. The van der Waals surface area contributed by atoms with E-state index in [-0.39, 0.29) is 0 Å². The molecule has 0 aliphatic carbocycles. The molecule has 0 aromatic carbocycles. The van der Waals surface area contributed by atoms with Crippen LogP contribution in [0.2, 0.25) is 0 Å². The van der Waals surface area contributed by atoms with Crippen molar-refractivity contribution in [3.8, 4) is 0 Å². The molecule has 7 heteroatoms. The number of hydrogen-bond acceptors (Lipinski definition) is 6. The van der Waals surface area contributed by atoms with Crippen LogP contribution in [0.3, 0.4) is 0 Å². The molecule has 2 aromatic heterocycles. The first-order chi connectivity index (χ1) is 11.7. The first kappa shape index (κ1) is 15.5. The highest BCUT2D eigenvalue weighted by molar-refractivity contribution is 5.42. The molecule has 0 bridgehead atoms. The maximum Gasteiger partial charge on any atom is 0.156 e. The maximum atomic E-state index is 5.53. The van der Waals surface area contributed by atoms with Gasteiger partial charge < -0.3 is 14.4 Å². The molecule has 0 amide bonds. The Balaban J connectivity index is 1.64. The Morgan fingerprint density at radius 1 is 1.29 bits per heavy atom. The van der Waals surface area contributed by atoms with Gasteiger partial charge in [-0.2, -0.15) is 5.10 Å². The summed E-state index contributed by atoms with van der Waals surface area (Å²) in [5.41, 5.74) is 3.37. The molecule has 2 aliphatic rings. The molecule has 0 radical (unpaired) electrons. The van der Waals surface area contributed by atoms with E-state index in [1.54, 1.807) is 7.11 Å². The average Bonchev–Trinajstić information content (AvgIpc) is 3.22. The summed E-state index contributed by atoms with van der Waals surface area (Å²) in [7, 11) is 1.68. The van der Waals surface area contributed by atoms with Gasteiger partial charge in [0, 0.05) is 32.2 Å². The molecule has 128 valence electrons.